The van der Waals surface area contributed by atoms with E-state index in [9.17, 15) is 46.7 Å². The molecule has 0 heterocycles. The zero-order chi connectivity index (χ0) is 25.0. The zero-order valence-electron chi connectivity index (χ0n) is 16.2. The van der Waals surface area contributed by atoms with Gasteiger partial charge in [-0.25, -0.2) is 26.4 Å². The highest BCUT2D eigenvalue weighted by atomic mass is 32.2. The fraction of sp³-hybridized carbons (Fsp3) is 0.125. The number of benzene rings is 2. The average molecular weight is 490 g/mol. The summed E-state index contributed by atoms with van der Waals surface area (Å²) in [4.78, 5) is 39.9. The Morgan fingerprint density at radius 1 is 0.719 bits per heavy atom. The monoisotopic (exact) mass is 490 g/mol. The topological polar surface area (TPSA) is 229 Å². The minimum Gasteiger partial charge on any atom is -0.477 e. The van der Waals surface area contributed by atoms with Crippen molar-refractivity contribution in [2.75, 3.05) is 12.5 Å². The SMILES string of the molecule is CS(=O)(=O)c1ccc(C(=O)O)c([N+](=O)[O-])c1.CS(=O)(=O)c1ccc(C(=O)O)c([N+](=O)[O-])c1. The molecule has 0 aliphatic carbocycles. The standard InChI is InChI=1S/2C8H7NO6S/c2*1-16(14,15)5-2-3-6(8(10)11)7(4-5)9(12)13/h2*2-4H,1H3,(H,10,11). The van der Waals surface area contributed by atoms with E-state index >= 15 is 0 Å². The summed E-state index contributed by atoms with van der Waals surface area (Å²) >= 11 is 0. The molecule has 14 nitrogen and oxygen atoms in total. The van der Waals surface area contributed by atoms with Gasteiger partial charge in [0.05, 0.1) is 19.6 Å². The molecule has 0 radical (unpaired) electrons. The number of nitro benzene ring substituents is 2. The van der Waals surface area contributed by atoms with Gasteiger partial charge in [-0.3, -0.25) is 20.2 Å². The molecule has 0 aliphatic heterocycles. The third kappa shape index (κ3) is 6.54. The van der Waals surface area contributed by atoms with E-state index < -0.39 is 64.0 Å². The Morgan fingerprint density at radius 2 is 1.00 bits per heavy atom. The fourth-order valence-corrected chi connectivity index (χ4v) is 3.43. The highest BCUT2D eigenvalue weighted by molar-refractivity contribution is 7.91. The summed E-state index contributed by atoms with van der Waals surface area (Å²) in [7, 11) is -7.20. The predicted molar refractivity (Wildman–Crippen MR) is 106 cm³/mol. The lowest BCUT2D eigenvalue weighted by molar-refractivity contribution is -0.385. The molecular weight excluding hydrogens is 476 g/mol. The minimum absolute atomic E-state index is 0.288. The molecule has 0 spiro atoms. The van der Waals surface area contributed by atoms with Gasteiger partial charge in [-0.15, -0.1) is 0 Å². The van der Waals surface area contributed by atoms with E-state index in [-0.39, 0.29) is 9.79 Å². The summed E-state index contributed by atoms with van der Waals surface area (Å²) in [5, 5.41) is 38.4. The van der Waals surface area contributed by atoms with Crippen molar-refractivity contribution in [1.82, 2.24) is 0 Å². The van der Waals surface area contributed by atoms with Crippen LogP contribution in [0.1, 0.15) is 20.7 Å². The maximum absolute atomic E-state index is 11.1. The first kappa shape index (κ1) is 26.1. The molecule has 0 fully saturated rings. The maximum atomic E-state index is 11.1. The van der Waals surface area contributed by atoms with Gasteiger partial charge in [0.15, 0.2) is 19.7 Å². The number of hydrogen-bond donors (Lipinski definition) is 2. The van der Waals surface area contributed by atoms with Gasteiger partial charge >= 0.3 is 11.9 Å². The number of sulfone groups is 2. The van der Waals surface area contributed by atoms with Crippen molar-refractivity contribution in [2.45, 2.75) is 9.79 Å². The van der Waals surface area contributed by atoms with Crippen molar-refractivity contribution in [2.24, 2.45) is 0 Å². The number of rotatable bonds is 6. The van der Waals surface area contributed by atoms with Crippen LogP contribution in [0.25, 0.3) is 0 Å². The van der Waals surface area contributed by atoms with E-state index in [0.29, 0.717) is 0 Å². The van der Waals surface area contributed by atoms with Crippen LogP contribution in [-0.4, -0.2) is 61.3 Å². The van der Waals surface area contributed by atoms with E-state index in [4.69, 9.17) is 10.2 Å². The van der Waals surface area contributed by atoms with Gasteiger partial charge in [0.1, 0.15) is 11.1 Å². The van der Waals surface area contributed by atoms with Crippen LogP contribution < -0.4 is 0 Å². The molecule has 0 bridgehead atoms. The van der Waals surface area contributed by atoms with Crippen LogP contribution in [0, 0.1) is 20.2 Å². The van der Waals surface area contributed by atoms with Gasteiger partial charge in [0.25, 0.3) is 11.4 Å². The minimum atomic E-state index is -3.60. The summed E-state index contributed by atoms with van der Waals surface area (Å²) in [6.45, 7) is 0. The van der Waals surface area contributed by atoms with Crippen LogP contribution in [0.4, 0.5) is 11.4 Å². The van der Waals surface area contributed by atoms with Crippen molar-refractivity contribution in [3.8, 4) is 0 Å². The molecule has 32 heavy (non-hydrogen) atoms. The summed E-state index contributed by atoms with van der Waals surface area (Å²) in [5.41, 5.74) is -2.57. The fourth-order valence-electron chi connectivity index (χ4n) is 2.15. The molecule has 0 unspecified atom stereocenters. The molecule has 2 aromatic rings. The molecule has 16 heteroatoms. The smallest absolute Gasteiger partial charge is 0.342 e. The Bertz CT molecular complexity index is 1230. The van der Waals surface area contributed by atoms with Crippen LogP contribution in [0.2, 0.25) is 0 Å². The molecule has 172 valence electrons. The van der Waals surface area contributed by atoms with E-state index in [1.54, 1.807) is 0 Å². The number of carbonyl (C=O) groups is 2. The first-order chi connectivity index (χ1) is 14.5. The van der Waals surface area contributed by atoms with E-state index in [1.807, 2.05) is 0 Å². The third-order valence-corrected chi connectivity index (χ3v) is 5.87. The first-order valence-electron chi connectivity index (χ1n) is 7.90. The Morgan fingerprint density at radius 3 is 1.19 bits per heavy atom. The highest BCUT2D eigenvalue weighted by Gasteiger charge is 2.23. The number of nitro groups is 2. The van der Waals surface area contributed by atoms with Gasteiger partial charge in [0, 0.05) is 24.6 Å². The predicted octanol–water partition coefficient (Wildman–Crippen LogP) is 1.39. The van der Waals surface area contributed by atoms with Crippen molar-refractivity contribution >= 4 is 43.0 Å². The lowest BCUT2D eigenvalue weighted by Gasteiger charge is -2.01. The van der Waals surface area contributed by atoms with Crippen molar-refractivity contribution in [1.29, 1.82) is 0 Å². The number of carboxylic acids is 2. The molecule has 2 rings (SSSR count). The van der Waals surface area contributed by atoms with Gasteiger partial charge < -0.3 is 10.2 Å². The van der Waals surface area contributed by atoms with Crippen LogP contribution in [0.5, 0.6) is 0 Å². The van der Waals surface area contributed by atoms with Crippen molar-refractivity contribution in [3.63, 3.8) is 0 Å². The summed E-state index contributed by atoms with van der Waals surface area (Å²) < 4.78 is 44.5. The van der Waals surface area contributed by atoms with Crippen molar-refractivity contribution < 1.29 is 46.5 Å². The van der Waals surface area contributed by atoms with Gasteiger partial charge in [0.2, 0.25) is 0 Å². The lowest BCUT2D eigenvalue weighted by Crippen LogP contribution is -2.05. The molecule has 2 aromatic carbocycles. The Hall–Kier alpha value is -3.92. The lowest BCUT2D eigenvalue weighted by atomic mass is 10.2. The first-order valence-corrected chi connectivity index (χ1v) is 11.7. The number of hydrogen-bond acceptors (Lipinski definition) is 10. The largest absolute Gasteiger partial charge is 0.477 e. The molecule has 0 saturated heterocycles. The summed E-state index contributed by atoms with van der Waals surface area (Å²) in [6, 6.07) is 5.31. The zero-order valence-corrected chi connectivity index (χ0v) is 17.8. The highest BCUT2D eigenvalue weighted by Crippen LogP contribution is 2.24. The molecule has 2 N–H and O–H groups in total. The molecule has 0 amide bonds. The summed E-state index contributed by atoms with van der Waals surface area (Å²) in [6.07, 6.45) is 1.76. The van der Waals surface area contributed by atoms with Crippen molar-refractivity contribution in [3.05, 3.63) is 67.8 Å². The van der Waals surface area contributed by atoms with E-state index in [1.165, 1.54) is 0 Å². The summed E-state index contributed by atoms with van der Waals surface area (Å²) in [5.74, 6) is -2.96. The molecule has 0 aliphatic rings. The second-order valence-corrected chi connectivity index (χ2v) is 10.1. The Labute approximate surface area is 179 Å². The molecule has 0 aromatic heterocycles. The van der Waals surface area contributed by atoms with Crippen LogP contribution in [0.15, 0.2) is 46.2 Å². The third-order valence-electron chi connectivity index (χ3n) is 3.65. The average Bonchev–Trinajstić information content (AvgIpc) is 2.65. The maximum Gasteiger partial charge on any atom is 0.342 e. The number of carboxylic acid groups (broad SMARTS) is 2. The van der Waals surface area contributed by atoms with Crippen LogP contribution >= 0.6 is 0 Å². The van der Waals surface area contributed by atoms with Gasteiger partial charge in [-0.05, 0) is 24.3 Å². The number of aromatic carboxylic acids is 2. The molecular formula is C16H14N2O12S2. The van der Waals surface area contributed by atoms with Gasteiger partial charge in [-0.1, -0.05) is 0 Å². The Kier molecular flexibility index (Phi) is 7.74. The van der Waals surface area contributed by atoms with E-state index in [2.05, 4.69) is 0 Å². The number of nitrogens with zero attached hydrogens (tertiary/aromatic N) is 2. The second-order valence-electron chi connectivity index (χ2n) is 6.03. The van der Waals surface area contributed by atoms with Gasteiger partial charge in [-0.2, -0.15) is 0 Å². The normalized spacial score (nSPS) is 11.1. The molecule has 0 atom stereocenters. The van der Waals surface area contributed by atoms with E-state index in [0.717, 1.165) is 48.9 Å². The van der Waals surface area contributed by atoms with Crippen LogP contribution in [0.3, 0.4) is 0 Å². The quantitative estimate of drug-likeness (QED) is 0.432. The van der Waals surface area contributed by atoms with Crippen LogP contribution in [-0.2, 0) is 19.7 Å². The molecule has 0 saturated carbocycles. The second kappa shape index (κ2) is 9.48. The Balaban J connectivity index is 0.000000320.